The van der Waals surface area contributed by atoms with E-state index < -0.39 is 17.9 Å². The molecule has 0 radical (unpaired) electrons. The van der Waals surface area contributed by atoms with E-state index in [1.165, 1.54) is 18.2 Å². The molecule has 0 aliphatic rings. The van der Waals surface area contributed by atoms with Crippen LogP contribution >= 0.6 is 0 Å². The molecule has 0 unspecified atom stereocenters. The number of alkyl halides is 3. The van der Waals surface area contributed by atoms with Gasteiger partial charge in [0.2, 0.25) is 5.91 Å². The number of carbonyl (C=O) groups is 1. The highest BCUT2D eigenvalue weighted by Gasteiger charge is 2.31. The third kappa shape index (κ3) is 7.97. The zero-order valence-corrected chi connectivity index (χ0v) is 18.8. The second-order valence-corrected chi connectivity index (χ2v) is 8.71. The summed E-state index contributed by atoms with van der Waals surface area (Å²) in [6.07, 6.45) is -2.29. The van der Waals surface area contributed by atoms with E-state index in [0.717, 1.165) is 12.6 Å². The average molecular weight is 456 g/mol. The Kier molecular flexibility index (Phi) is 8.03. The molecule has 0 saturated carbocycles. The van der Waals surface area contributed by atoms with Gasteiger partial charge in [0.1, 0.15) is 5.75 Å². The van der Waals surface area contributed by atoms with Gasteiger partial charge in [0.15, 0.2) is 11.6 Å². The van der Waals surface area contributed by atoms with E-state index in [4.69, 9.17) is 0 Å². The first kappa shape index (κ1) is 25.4. The predicted octanol–water partition coefficient (Wildman–Crippen LogP) is 5.48. The lowest BCUT2D eigenvalue weighted by molar-refractivity contribution is -0.274. The largest absolute Gasteiger partial charge is 0.573 e. The summed E-state index contributed by atoms with van der Waals surface area (Å²) < 4.78 is 55.4. The molecule has 176 valence electrons. The number of nitrogens with zero attached hydrogens (tertiary/aromatic N) is 3. The summed E-state index contributed by atoms with van der Waals surface area (Å²) in [5.74, 6) is -1.53. The van der Waals surface area contributed by atoms with E-state index in [-0.39, 0.29) is 30.1 Å². The number of anilines is 2. The van der Waals surface area contributed by atoms with E-state index in [1.807, 2.05) is 27.7 Å². The number of hydrogen-bond acceptors (Lipinski definition) is 5. The van der Waals surface area contributed by atoms with Crippen molar-refractivity contribution >= 4 is 17.4 Å². The number of pyridine rings is 2. The molecule has 6 nitrogen and oxygen atoms in total. The SMILES string of the molecule is CCCc1nc(NC(=O)CC(C)(C)C)c(F)cc1N(C)Cc1ccc(OC(F)(F)F)cn1. The topological polar surface area (TPSA) is 67.4 Å². The van der Waals surface area contributed by atoms with Crippen LogP contribution in [0, 0.1) is 11.2 Å². The Bertz CT molecular complexity index is 925. The smallest absolute Gasteiger partial charge is 0.404 e. The summed E-state index contributed by atoms with van der Waals surface area (Å²) in [6.45, 7) is 7.89. The fraction of sp³-hybridized carbons (Fsp3) is 0.500. The van der Waals surface area contributed by atoms with Gasteiger partial charge in [-0.2, -0.15) is 0 Å². The number of halogens is 4. The maximum Gasteiger partial charge on any atom is 0.573 e. The molecule has 2 aromatic heterocycles. The van der Waals surface area contributed by atoms with Gasteiger partial charge in [-0.15, -0.1) is 13.2 Å². The minimum Gasteiger partial charge on any atom is -0.404 e. The molecule has 2 aromatic rings. The summed E-state index contributed by atoms with van der Waals surface area (Å²) in [4.78, 5) is 22.2. The highest BCUT2D eigenvalue weighted by molar-refractivity contribution is 5.90. The number of amides is 1. The van der Waals surface area contributed by atoms with Gasteiger partial charge in [-0.3, -0.25) is 9.78 Å². The molecule has 1 N–H and O–H groups in total. The Hall–Kier alpha value is -2.91. The number of hydrogen-bond donors (Lipinski definition) is 1. The molecule has 1 amide bonds. The minimum absolute atomic E-state index is 0.119. The lowest BCUT2D eigenvalue weighted by Crippen LogP contribution is -2.23. The number of ether oxygens (including phenoxy) is 1. The highest BCUT2D eigenvalue weighted by Crippen LogP contribution is 2.27. The molecule has 0 aromatic carbocycles. The fourth-order valence-corrected chi connectivity index (χ4v) is 3.04. The Labute approximate surface area is 185 Å². The van der Waals surface area contributed by atoms with Crippen LogP contribution in [0.4, 0.5) is 29.1 Å². The normalized spacial score (nSPS) is 11.9. The van der Waals surface area contributed by atoms with E-state index in [1.54, 1.807) is 11.9 Å². The van der Waals surface area contributed by atoms with E-state index in [9.17, 15) is 22.4 Å². The third-order valence-electron chi connectivity index (χ3n) is 4.31. The zero-order chi connectivity index (χ0) is 24.1. The van der Waals surface area contributed by atoms with Crippen molar-refractivity contribution in [3.05, 3.63) is 41.6 Å². The molecule has 10 heteroatoms. The molecule has 0 saturated heterocycles. The summed E-state index contributed by atoms with van der Waals surface area (Å²) in [7, 11) is 1.70. The highest BCUT2D eigenvalue weighted by atomic mass is 19.4. The Morgan fingerprint density at radius 2 is 1.91 bits per heavy atom. The lowest BCUT2D eigenvalue weighted by atomic mass is 9.92. The maximum absolute atomic E-state index is 14.7. The van der Waals surface area contributed by atoms with Crippen LogP contribution in [0.2, 0.25) is 0 Å². The Morgan fingerprint density at radius 1 is 1.22 bits per heavy atom. The summed E-state index contributed by atoms with van der Waals surface area (Å²) in [5, 5.41) is 2.54. The van der Waals surface area contributed by atoms with Crippen molar-refractivity contribution in [2.45, 2.75) is 59.9 Å². The molecule has 0 atom stereocenters. The summed E-state index contributed by atoms with van der Waals surface area (Å²) >= 11 is 0. The van der Waals surface area contributed by atoms with Crippen molar-refractivity contribution in [3.8, 4) is 5.75 Å². The van der Waals surface area contributed by atoms with Gasteiger partial charge >= 0.3 is 6.36 Å². The molecule has 0 fully saturated rings. The lowest BCUT2D eigenvalue weighted by Gasteiger charge is -2.23. The third-order valence-corrected chi connectivity index (χ3v) is 4.31. The van der Waals surface area contributed by atoms with Crippen molar-refractivity contribution in [2.24, 2.45) is 5.41 Å². The number of aryl methyl sites for hydroxylation is 1. The molecule has 0 spiro atoms. The molecule has 0 aliphatic carbocycles. The minimum atomic E-state index is -4.79. The average Bonchev–Trinajstić information content (AvgIpc) is 2.63. The van der Waals surface area contributed by atoms with Crippen molar-refractivity contribution in [3.63, 3.8) is 0 Å². The first-order valence-corrected chi connectivity index (χ1v) is 10.2. The molecule has 32 heavy (non-hydrogen) atoms. The van der Waals surface area contributed by atoms with Gasteiger partial charge < -0.3 is 15.0 Å². The van der Waals surface area contributed by atoms with Crippen LogP contribution < -0.4 is 15.0 Å². The number of nitrogens with one attached hydrogen (secondary N) is 1. The van der Waals surface area contributed by atoms with E-state index in [0.29, 0.717) is 23.5 Å². The van der Waals surface area contributed by atoms with Crippen LogP contribution in [-0.2, 0) is 17.8 Å². The number of carbonyl (C=O) groups excluding carboxylic acids is 1. The Morgan fingerprint density at radius 3 is 2.44 bits per heavy atom. The van der Waals surface area contributed by atoms with Crippen molar-refractivity contribution in [1.29, 1.82) is 0 Å². The molecule has 0 bridgehead atoms. The zero-order valence-electron chi connectivity index (χ0n) is 18.8. The number of rotatable bonds is 8. The van der Waals surface area contributed by atoms with Crippen LogP contribution in [0.15, 0.2) is 24.4 Å². The predicted molar refractivity (Wildman–Crippen MR) is 114 cm³/mol. The van der Waals surface area contributed by atoms with E-state index >= 15 is 0 Å². The van der Waals surface area contributed by atoms with Gasteiger partial charge in [-0.25, -0.2) is 9.37 Å². The molecule has 0 aliphatic heterocycles. The number of aromatic nitrogens is 2. The molecular formula is C22H28F4N4O2. The van der Waals surface area contributed by atoms with Gasteiger partial charge in [0.25, 0.3) is 0 Å². The molecule has 2 heterocycles. The van der Waals surface area contributed by atoms with E-state index in [2.05, 4.69) is 20.0 Å². The maximum atomic E-state index is 14.7. The van der Waals surface area contributed by atoms with Crippen LogP contribution in [-0.4, -0.2) is 29.3 Å². The van der Waals surface area contributed by atoms with Gasteiger partial charge in [-0.1, -0.05) is 34.1 Å². The summed E-state index contributed by atoms with van der Waals surface area (Å²) in [6, 6.07) is 3.87. The van der Waals surface area contributed by atoms with Crippen molar-refractivity contribution in [2.75, 3.05) is 17.3 Å². The monoisotopic (exact) mass is 456 g/mol. The first-order chi connectivity index (χ1) is 14.8. The second-order valence-electron chi connectivity index (χ2n) is 8.71. The van der Waals surface area contributed by atoms with Crippen LogP contribution in [0.25, 0.3) is 0 Å². The molecule has 2 rings (SSSR count). The van der Waals surface area contributed by atoms with Crippen LogP contribution in [0.1, 0.15) is 51.9 Å². The van der Waals surface area contributed by atoms with Crippen LogP contribution in [0.3, 0.4) is 0 Å². The standard InChI is InChI=1S/C22H28F4N4O2/c1-6-7-17-18(10-16(23)20(28-17)29-19(31)11-21(2,3)4)30(5)13-14-8-9-15(12-27-14)32-22(24,25)26/h8-10,12H,6-7,11,13H2,1-5H3,(H,28,29,31). The van der Waals surface area contributed by atoms with Crippen molar-refractivity contribution < 1.29 is 27.1 Å². The fourth-order valence-electron chi connectivity index (χ4n) is 3.04. The van der Waals surface area contributed by atoms with Crippen LogP contribution in [0.5, 0.6) is 5.75 Å². The Balaban J connectivity index is 2.20. The summed E-state index contributed by atoms with van der Waals surface area (Å²) in [5.41, 5.74) is 1.32. The van der Waals surface area contributed by atoms with Gasteiger partial charge in [-0.05, 0) is 24.0 Å². The first-order valence-electron chi connectivity index (χ1n) is 10.2. The second kappa shape index (κ2) is 10.1. The van der Waals surface area contributed by atoms with Crippen molar-refractivity contribution in [1.82, 2.24) is 9.97 Å². The van der Waals surface area contributed by atoms with Gasteiger partial charge in [0.05, 0.1) is 29.8 Å². The molecular weight excluding hydrogens is 428 g/mol. The van der Waals surface area contributed by atoms with Gasteiger partial charge in [0, 0.05) is 19.5 Å². The quantitative estimate of drug-likeness (QED) is 0.533.